The Bertz CT molecular complexity index is 289. The van der Waals surface area contributed by atoms with Crippen LogP contribution in [0.5, 0.6) is 11.5 Å². The molecule has 0 amide bonds. The number of aliphatic hydroxyl groups excluding tert-OH is 1. The maximum absolute atomic E-state index is 9.56. The van der Waals surface area contributed by atoms with Crippen LogP contribution in [0.3, 0.4) is 0 Å². The van der Waals surface area contributed by atoms with Crippen LogP contribution < -0.4 is 0 Å². The summed E-state index contributed by atoms with van der Waals surface area (Å²) in [6.07, 6.45) is 0. The van der Waals surface area contributed by atoms with Crippen molar-refractivity contribution in [1.82, 2.24) is 0 Å². The van der Waals surface area contributed by atoms with Gasteiger partial charge in [-0.25, -0.2) is 0 Å². The molecular formula is C11H16O3. The number of phenols is 2. The Kier molecular flexibility index (Phi) is 3.36. The molecular weight excluding hydrogens is 180 g/mol. The van der Waals surface area contributed by atoms with E-state index in [0.717, 1.165) is 0 Å². The second-order valence-corrected chi connectivity index (χ2v) is 3.66. The van der Waals surface area contributed by atoms with Crippen molar-refractivity contribution in [3.8, 4) is 11.5 Å². The van der Waals surface area contributed by atoms with Crippen molar-refractivity contribution in [2.75, 3.05) is 6.61 Å². The van der Waals surface area contributed by atoms with Gasteiger partial charge >= 0.3 is 0 Å². The van der Waals surface area contributed by atoms with Gasteiger partial charge in [-0.2, -0.15) is 0 Å². The molecule has 0 aliphatic carbocycles. The van der Waals surface area contributed by atoms with Crippen molar-refractivity contribution in [1.29, 1.82) is 0 Å². The van der Waals surface area contributed by atoms with Gasteiger partial charge in [0.15, 0.2) is 0 Å². The molecule has 3 nitrogen and oxygen atoms in total. The molecule has 3 heteroatoms. The molecule has 0 aliphatic heterocycles. The van der Waals surface area contributed by atoms with Gasteiger partial charge in [0, 0.05) is 12.2 Å². The lowest BCUT2D eigenvalue weighted by atomic mass is 9.88. The van der Waals surface area contributed by atoms with Crippen molar-refractivity contribution < 1.29 is 15.3 Å². The molecule has 2 unspecified atom stereocenters. The van der Waals surface area contributed by atoms with Crippen LogP contribution in [0.25, 0.3) is 0 Å². The number of phenolic OH excluding ortho intramolecular Hbond substituents is 2. The second-order valence-electron chi connectivity index (χ2n) is 3.66. The average molecular weight is 196 g/mol. The number of rotatable bonds is 3. The van der Waals surface area contributed by atoms with Crippen LogP contribution >= 0.6 is 0 Å². The Morgan fingerprint density at radius 2 is 1.64 bits per heavy atom. The zero-order valence-electron chi connectivity index (χ0n) is 8.44. The van der Waals surface area contributed by atoms with E-state index < -0.39 is 0 Å². The summed E-state index contributed by atoms with van der Waals surface area (Å²) in [7, 11) is 0. The van der Waals surface area contributed by atoms with E-state index in [1.165, 1.54) is 12.1 Å². The Balaban J connectivity index is 3.05. The van der Waals surface area contributed by atoms with E-state index in [9.17, 15) is 10.2 Å². The SMILES string of the molecule is CC(CO)C(C)c1c(O)cccc1O. The van der Waals surface area contributed by atoms with E-state index in [1.54, 1.807) is 6.07 Å². The molecule has 0 bridgehead atoms. The number of hydrogen-bond donors (Lipinski definition) is 3. The molecule has 14 heavy (non-hydrogen) atoms. The molecule has 3 N–H and O–H groups in total. The third-order valence-corrected chi connectivity index (χ3v) is 2.66. The lowest BCUT2D eigenvalue weighted by Gasteiger charge is -2.19. The standard InChI is InChI=1S/C11H16O3/c1-7(6-12)8(2)11-9(13)4-3-5-10(11)14/h3-5,7-8,12-14H,6H2,1-2H3. The monoisotopic (exact) mass is 196 g/mol. The van der Waals surface area contributed by atoms with Crippen molar-refractivity contribution >= 4 is 0 Å². The first kappa shape index (κ1) is 10.9. The van der Waals surface area contributed by atoms with Crippen molar-refractivity contribution in [3.05, 3.63) is 23.8 Å². The third kappa shape index (κ3) is 1.99. The highest BCUT2D eigenvalue weighted by molar-refractivity contribution is 5.45. The predicted octanol–water partition coefficient (Wildman–Crippen LogP) is 1.83. The molecule has 78 valence electrons. The fourth-order valence-electron chi connectivity index (χ4n) is 1.45. The third-order valence-electron chi connectivity index (χ3n) is 2.66. The maximum Gasteiger partial charge on any atom is 0.122 e. The fraction of sp³-hybridized carbons (Fsp3) is 0.455. The lowest BCUT2D eigenvalue weighted by Crippen LogP contribution is -2.10. The molecule has 0 aromatic heterocycles. The van der Waals surface area contributed by atoms with Crippen molar-refractivity contribution in [2.45, 2.75) is 19.8 Å². The van der Waals surface area contributed by atoms with Crippen molar-refractivity contribution in [3.63, 3.8) is 0 Å². The maximum atomic E-state index is 9.56. The van der Waals surface area contributed by atoms with E-state index in [1.807, 2.05) is 13.8 Å². The molecule has 1 aromatic rings. The summed E-state index contributed by atoms with van der Waals surface area (Å²) in [5.74, 6) is 0.103. The topological polar surface area (TPSA) is 60.7 Å². The summed E-state index contributed by atoms with van der Waals surface area (Å²) >= 11 is 0. The molecule has 0 saturated carbocycles. The number of aromatic hydroxyl groups is 2. The quantitative estimate of drug-likeness (QED) is 0.691. The summed E-state index contributed by atoms with van der Waals surface area (Å²) in [6, 6.07) is 4.66. The Morgan fingerprint density at radius 1 is 1.14 bits per heavy atom. The first-order valence-corrected chi connectivity index (χ1v) is 4.69. The lowest BCUT2D eigenvalue weighted by molar-refractivity contribution is 0.218. The minimum atomic E-state index is -0.0683. The fourth-order valence-corrected chi connectivity index (χ4v) is 1.45. The zero-order chi connectivity index (χ0) is 10.7. The summed E-state index contributed by atoms with van der Waals surface area (Å²) in [5.41, 5.74) is 0.508. The molecule has 0 fully saturated rings. The van der Waals surface area contributed by atoms with Gasteiger partial charge in [-0.15, -0.1) is 0 Å². The van der Waals surface area contributed by atoms with Crippen LogP contribution in [-0.2, 0) is 0 Å². The van der Waals surface area contributed by atoms with E-state index in [0.29, 0.717) is 5.56 Å². The first-order chi connectivity index (χ1) is 6.57. The van der Waals surface area contributed by atoms with Crippen LogP contribution in [0.2, 0.25) is 0 Å². The van der Waals surface area contributed by atoms with Gasteiger partial charge in [0.1, 0.15) is 11.5 Å². The largest absolute Gasteiger partial charge is 0.508 e. The molecule has 0 radical (unpaired) electrons. The second kappa shape index (κ2) is 4.33. The highest BCUT2D eigenvalue weighted by atomic mass is 16.3. The summed E-state index contributed by atoms with van der Waals surface area (Å²) in [4.78, 5) is 0. The van der Waals surface area contributed by atoms with E-state index >= 15 is 0 Å². The molecule has 2 atom stereocenters. The van der Waals surface area contributed by atoms with Crippen molar-refractivity contribution in [2.24, 2.45) is 5.92 Å². The van der Waals surface area contributed by atoms with Gasteiger partial charge in [-0.05, 0) is 24.0 Å². The summed E-state index contributed by atoms with van der Waals surface area (Å²) < 4.78 is 0. The van der Waals surface area contributed by atoms with Gasteiger partial charge in [-0.3, -0.25) is 0 Å². The minimum absolute atomic E-state index is 0.00852. The van der Waals surface area contributed by atoms with Crippen LogP contribution in [0.15, 0.2) is 18.2 Å². The molecule has 0 saturated heterocycles. The first-order valence-electron chi connectivity index (χ1n) is 4.69. The number of hydrogen-bond acceptors (Lipinski definition) is 3. The van der Waals surface area contributed by atoms with Gasteiger partial charge in [0.25, 0.3) is 0 Å². The average Bonchev–Trinajstić information content (AvgIpc) is 2.16. The number of aliphatic hydroxyl groups is 1. The van der Waals surface area contributed by atoms with Gasteiger partial charge < -0.3 is 15.3 Å². The summed E-state index contributed by atoms with van der Waals surface area (Å²) in [5, 5.41) is 28.1. The van der Waals surface area contributed by atoms with E-state index in [4.69, 9.17) is 5.11 Å². The van der Waals surface area contributed by atoms with Gasteiger partial charge in [-0.1, -0.05) is 19.9 Å². The minimum Gasteiger partial charge on any atom is -0.508 e. The van der Waals surface area contributed by atoms with Crippen LogP contribution in [0, 0.1) is 5.92 Å². The highest BCUT2D eigenvalue weighted by Crippen LogP contribution is 2.37. The van der Waals surface area contributed by atoms with Gasteiger partial charge in [0.05, 0.1) is 0 Å². The smallest absolute Gasteiger partial charge is 0.122 e. The number of benzene rings is 1. The zero-order valence-corrected chi connectivity index (χ0v) is 8.44. The Hall–Kier alpha value is -1.22. The van der Waals surface area contributed by atoms with Gasteiger partial charge in [0.2, 0.25) is 0 Å². The Morgan fingerprint density at radius 3 is 2.07 bits per heavy atom. The molecule has 0 aliphatic rings. The van der Waals surface area contributed by atoms with Crippen LogP contribution in [-0.4, -0.2) is 21.9 Å². The summed E-state index contributed by atoms with van der Waals surface area (Å²) in [6.45, 7) is 3.78. The Labute approximate surface area is 83.6 Å². The van der Waals surface area contributed by atoms with Crippen LogP contribution in [0.4, 0.5) is 0 Å². The highest BCUT2D eigenvalue weighted by Gasteiger charge is 2.19. The molecule has 0 spiro atoms. The van der Waals surface area contributed by atoms with E-state index in [-0.39, 0.29) is 29.9 Å². The molecule has 0 heterocycles. The molecule has 1 rings (SSSR count). The van der Waals surface area contributed by atoms with Crippen LogP contribution in [0.1, 0.15) is 25.3 Å². The molecule has 1 aromatic carbocycles. The predicted molar refractivity (Wildman–Crippen MR) is 54.4 cm³/mol. The van der Waals surface area contributed by atoms with E-state index in [2.05, 4.69) is 0 Å². The normalized spacial score (nSPS) is 15.1.